The highest BCUT2D eigenvalue weighted by Crippen LogP contribution is 2.31. The Kier molecular flexibility index (Phi) is 2.74. The molecule has 0 aliphatic carbocycles. The van der Waals surface area contributed by atoms with Gasteiger partial charge in [-0.2, -0.15) is 0 Å². The molecule has 84 valence electrons. The molecule has 3 aromatic rings. The predicted molar refractivity (Wildman–Crippen MR) is 70.8 cm³/mol. The molecule has 17 heavy (non-hydrogen) atoms. The first kappa shape index (κ1) is 10.6. The topological polar surface area (TPSA) is 12.9 Å². The fraction of sp³-hybridized carbons (Fsp3) is 0. The molecule has 0 atom stereocenters. The lowest BCUT2D eigenvalue weighted by molar-refractivity contribution is 0.628. The highest BCUT2D eigenvalue weighted by Gasteiger charge is 2.07. The fourth-order valence-corrected chi connectivity index (χ4v) is 3.21. The molecule has 0 aliphatic heterocycles. The summed E-state index contributed by atoms with van der Waals surface area (Å²) in [6.07, 6.45) is 0. The van der Waals surface area contributed by atoms with Crippen LogP contribution in [0.4, 0.5) is 4.39 Å². The Morgan fingerprint density at radius 3 is 2.76 bits per heavy atom. The van der Waals surface area contributed by atoms with Crippen molar-refractivity contribution in [3.8, 4) is 21.1 Å². The maximum Gasteiger partial charge on any atom is 0.134 e. The summed E-state index contributed by atoms with van der Waals surface area (Å²) in [6, 6.07) is 10.6. The van der Waals surface area contributed by atoms with E-state index in [1.54, 1.807) is 28.7 Å². The van der Waals surface area contributed by atoms with Gasteiger partial charge in [-0.1, -0.05) is 18.2 Å². The first-order chi connectivity index (χ1) is 8.33. The number of thiazole rings is 1. The molecule has 0 unspecified atom stereocenters. The molecular formula is C13H8FNS2. The summed E-state index contributed by atoms with van der Waals surface area (Å²) in [5.74, 6) is -0.229. The van der Waals surface area contributed by atoms with Crippen LogP contribution >= 0.6 is 22.7 Å². The predicted octanol–water partition coefficient (Wildman–Crippen LogP) is 4.68. The number of nitrogens with zero attached hydrogens (tertiary/aromatic N) is 1. The largest absolute Gasteiger partial charge is 0.235 e. The van der Waals surface area contributed by atoms with Crippen molar-refractivity contribution in [2.45, 2.75) is 0 Å². The molecular weight excluding hydrogens is 253 g/mol. The normalized spacial score (nSPS) is 10.6. The molecule has 2 heterocycles. The Labute approximate surface area is 106 Å². The molecule has 4 heteroatoms. The van der Waals surface area contributed by atoms with E-state index in [0.29, 0.717) is 0 Å². The first-order valence-corrected chi connectivity index (χ1v) is 6.84. The Bertz CT molecular complexity index is 628. The summed E-state index contributed by atoms with van der Waals surface area (Å²) in [5.41, 5.74) is 1.65. The standard InChI is InChI=1S/C13H8FNS2/c14-10-4-1-3-9(7-10)11-8-17-13(15-11)12-5-2-6-16-12/h1-8H. The van der Waals surface area contributed by atoms with Crippen LogP contribution in [0.25, 0.3) is 21.1 Å². The van der Waals surface area contributed by atoms with Crippen molar-refractivity contribution in [2.24, 2.45) is 0 Å². The van der Waals surface area contributed by atoms with Crippen molar-refractivity contribution < 1.29 is 4.39 Å². The molecule has 0 bridgehead atoms. The van der Waals surface area contributed by atoms with Crippen LogP contribution in [-0.2, 0) is 0 Å². The zero-order valence-corrected chi connectivity index (χ0v) is 10.4. The van der Waals surface area contributed by atoms with E-state index in [0.717, 1.165) is 21.1 Å². The van der Waals surface area contributed by atoms with E-state index < -0.39 is 0 Å². The van der Waals surface area contributed by atoms with Crippen LogP contribution in [0, 0.1) is 5.82 Å². The van der Waals surface area contributed by atoms with Gasteiger partial charge in [0.25, 0.3) is 0 Å². The van der Waals surface area contributed by atoms with E-state index in [4.69, 9.17) is 0 Å². The Morgan fingerprint density at radius 2 is 2.00 bits per heavy atom. The molecule has 0 saturated carbocycles. The van der Waals surface area contributed by atoms with Gasteiger partial charge >= 0.3 is 0 Å². The average molecular weight is 261 g/mol. The number of thiophene rings is 1. The molecule has 3 rings (SSSR count). The van der Waals surface area contributed by atoms with Crippen LogP contribution in [0.15, 0.2) is 47.2 Å². The zero-order valence-electron chi connectivity index (χ0n) is 8.76. The Morgan fingerprint density at radius 1 is 1.06 bits per heavy atom. The van der Waals surface area contributed by atoms with Gasteiger partial charge in [0.2, 0.25) is 0 Å². The minimum Gasteiger partial charge on any atom is -0.235 e. The summed E-state index contributed by atoms with van der Waals surface area (Å²) < 4.78 is 13.1. The SMILES string of the molecule is Fc1cccc(-c2csc(-c3cccs3)n2)c1. The summed E-state index contributed by atoms with van der Waals surface area (Å²) in [5, 5.41) is 4.97. The van der Waals surface area contributed by atoms with Gasteiger partial charge < -0.3 is 0 Å². The molecule has 0 saturated heterocycles. The quantitative estimate of drug-likeness (QED) is 0.653. The molecule has 0 N–H and O–H groups in total. The van der Waals surface area contributed by atoms with E-state index >= 15 is 0 Å². The van der Waals surface area contributed by atoms with Crippen molar-refractivity contribution in [1.82, 2.24) is 4.98 Å². The number of aromatic nitrogens is 1. The van der Waals surface area contributed by atoms with E-state index in [1.807, 2.05) is 29.0 Å². The average Bonchev–Trinajstić information content (AvgIpc) is 3.00. The van der Waals surface area contributed by atoms with Gasteiger partial charge in [-0.15, -0.1) is 22.7 Å². The summed E-state index contributed by atoms with van der Waals surface area (Å²) in [4.78, 5) is 5.68. The van der Waals surface area contributed by atoms with Gasteiger partial charge in [0.15, 0.2) is 0 Å². The van der Waals surface area contributed by atoms with E-state index in [2.05, 4.69) is 4.98 Å². The minimum atomic E-state index is -0.229. The minimum absolute atomic E-state index is 0.229. The zero-order chi connectivity index (χ0) is 11.7. The van der Waals surface area contributed by atoms with Crippen molar-refractivity contribution >= 4 is 22.7 Å². The van der Waals surface area contributed by atoms with Crippen molar-refractivity contribution in [3.63, 3.8) is 0 Å². The lowest BCUT2D eigenvalue weighted by atomic mass is 10.2. The second kappa shape index (κ2) is 4.39. The van der Waals surface area contributed by atoms with Crippen LogP contribution < -0.4 is 0 Å². The van der Waals surface area contributed by atoms with Crippen molar-refractivity contribution in [2.75, 3.05) is 0 Å². The Balaban J connectivity index is 2.01. The third kappa shape index (κ3) is 2.14. The van der Waals surface area contributed by atoms with Crippen LogP contribution in [0.2, 0.25) is 0 Å². The van der Waals surface area contributed by atoms with Crippen LogP contribution in [-0.4, -0.2) is 4.98 Å². The highest BCUT2D eigenvalue weighted by molar-refractivity contribution is 7.20. The summed E-state index contributed by atoms with van der Waals surface area (Å²) in [6.45, 7) is 0. The molecule has 0 spiro atoms. The molecule has 0 aliphatic rings. The highest BCUT2D eigenvalue weighted by atomic mass is 32.1. The number of hydrogen-bond acceptors (Lipinski definition) is 3. The monoisotopic (exact) mass is 261 g/mol. The van der Waals surface area contributed by atoms with Gasteiger partial charge in [0.1, 0.15) is 10.8 Å². The second-order valence-corrected chi connectivity index (χ2v) is 5.33. The molecule has 0 amide bonds. The van der Waals surface area contributed by atoms with Crippen molar-refractivity contribution in [1.29, 1.82) is 0 Å². The van der Waals surface area contributed by atoms with Gasteiger partial charge in [-0.05, 0) is 23.6 Å². The lowest BCUT2D eigenvalue weighted by Gasteiger charge is -1.95. The number of hydrogen-bond donors (Lipinski definition) is 0. The lowest BCUT2D eigenvalue weighted by Crippen LogP contribution is -1.79. The van der Waals surface area contributed by atoms with E-state index in [9.17, 15) is 4.39 Å². The summed E-state index contributed by atoms with van der Waals surface area (Å²) >= 11 is 3.25. The number of benzene rings is 1. The Hall–Kier alpha value is -1.52. The van der Waals surface area contributed by atoms with E-state index in [1.165, 1.54) is 12.1 Å². The molecule has 1 aromatic carbocycles. The third-order valence-electron chi connectivity index (χ3n) is 2.36. The molecule has 1 nitrogen and oxygen atoms in total. The first-order valence-electron chi connectivity index (χ1n) is 5.08. The maximum atomic E-state index is 13.1. The number of halogens is 1. The van der Waals surface area contributed by atoms with Crippen LogP contribution in [0.5, 0.6) is 0 Å². The third-order valence-corrected chi connectivity index (χ3v) is 4.24. The van der Waals surface area contributed by atoms with Gasteiger partial charge in [-0.3, -0.25) is 0 Å². The second-order valence-electron chi connectivity index (χ2n) is 3.53. The smallest absolute Gasteiger partial charge is 0.134 e. The van der Waals surface area contributed by atoms with Crippen LogP contribution in [0.1, 0.15) is 0 Å². The van der Waals surface area contributed by atoms with Crippen LogP contribution in [0.3, 0.4) is 0 Å². The summed E-state index contributed by atoms with van der Waals surface area (Å²) in [7, 11) is 0. The maximum absolute atomic E-state index is 13.1. The fourth-order valence-electron chi connectivity index (χ4n) is 1.57. The van der Waals surface area contributed by atoms with Gasteiger partial charge in [-0.25, -0.2) is 9.37 Å². The van der Waals surface area contributed by atoms with Gasteiger partial charge in [0.05, 0.1) is 10.6 Å². The van der Waals surface area contributed by atoms with E-state index in [-0.39, 0.29) is 5.82 Å². The number of rotatable bonds is 2. The molecule has 2 aromatic heterocycles. The van der Waals surface area contributed by atoms with Gasteiger partial charge in [0, 0.05) is 10.9 Å². The molecule has 0 radical (unpaired) electrons. The van der Waals surface area contributed by atoms with Crippen molar-refractivity contribution in [3.05, 3.63) is 53.0 Å². The molecule has 0 fully saturated rings.